The van der Waals surface area contributed by atoms with Crippen molar-refractivity contribution in [3.63, 3.8) is 0 Å². The summed E-state index contributed by atoms with van der Waals surface area (Å²) in [5.41, 5.74) is 4.16. The minimum absolute atomic E-state index is 0.147. The van der Waals surface area contributed by atoms with Gasteiger partial charge in [0.15, 0.2) is 17.6 Å². The Kier molecular flexibility index (Phi) is 6.77. The van der Waals surface area contributed by atoms with Crippen molar-refractivity contribution in [1.82, 2.24) is 19.4 Å². The van der Waals surface area contributed by atoms with E-state index in [-0.39, 0.29) is 17.8 Å². The molecule has 2 atom stereocenters. The minimum Gasteiger partial charge on any atom is -0.485 e. The maximum absolute atomic E-state index is 11.7. The molecule has 3 aliphatic rings. The first-order chi connectivity index (χ1) is 21.1. The van der Waals surface area contributed by atoms with Gasteiger partial charge in [0.2, 0.25) is 0 Å². The fraction of sp³-hybridized carbons (Fsp3) is 0.364. The quantitative estimate of drug-likeness (QED) is 0.243. The Morgan fingerprint density at radius 2 is 1.86 bits per heavy atom. The van der Waals surface area contributed by atoms with Gasteiger partial charge in [0.05, 0.1) is 46.0 Å². The van der Waals surface area contributed by atoms with Crippen LogP contribution in [0.4, 0.5) is 0 Å². The van der Waals surface area contributed by atoms with Crippen molar-refractivity contribution in [3.05, 3.63) is 82.6 Å². The molecule has 2 saturated heterocycles. The number of likely N-dealkylation sites (tertiary alicyclic amines) is 1. The molecule has 10 heteroatoms. The van der Waals surface area contributed by atoms with Crippen LogP contribution in [-0.4, -0.2) is 62.9 Å². The molecule has 5 aromatic rings. The second-order valence-corrected chi connectivity index (χ2v) is 12.7. The molecule has 220 valence electrons. The van der Waals surface area contributed by atoms with Crippen LogP contribution in [-0.2, 0) is 17.8 Å². The highest BCUT2D eigenvalue weighted by Crippen LogP contribution is 2.45. The first-order valence-electron chi connectivity index (χ1n) is 14.9. The van der Waals surface area contributed by atoms with Crippen LogP contribution < -0.4 is 9.47 Å². The van der Waals surface area contributed by atoms with E-state index in [4.69, 9.17) is 24.2 Å². The van der Waals surface area contributed by atoms with E-state index in [0.717, 1.165) is 82.5 Å². The van der Waals surface area contributed by atoms with Crippen LogP contribution in [0.3, 0.4) is 0 Å². The number of para-hydroxylation sites is 2. The third-order valence-electron chi connectivity index (χ3n) is 8.89. The lowest BCUT2D eigenvalue weighted by Gasteiger charge is -2.34. The van der Waals surface area contributed by atoms with Crippen molar-refractivity contribution >= 4 is 38.6 Å². The highest BCUT2D eigenvalue weighted by atomic mass is 32.1. The Morgan fingerprint density at radius 1 is 1.00 bits per heavy atom. The Morgan fingerprint density at radius 3 is 2.65 bits per heavy atom. The molecular formula is C33H32N4O5S. The van der Waals surface area contributed by atoms with Crippen LogP contribution in [0.5, 0.6) is 11.5 Å². The van der Waals surface area contributed by atoms with E-state index in [1.54, 1.807) is 23.5 Å². The van der Waals surface area contributed by atoms with Gasteiger partial charge in [-0.25, -0.2) is 14.8 Å². The SMILES string of the molecule is O=C(O)c1ccc2nc(CN3CCC(c4cccc5c4O[C@@H](c4nc6ccccc6s4)CO5)CC3)n(C[C@@H]3CCO3)c2c1. The Bertz CT molecular complexity index is 1790. The molecule has 0 saturated carbocycles. The van der Waals surface area contributed by atoms with E-state index in [2.05, 4.69) is 27.7 Å². The largest absolute Gasteiger partial charge is 0.485 e. The van der Waals surface area contributed by atoms with Gasteiger partial charge in [-0.3, -0.25) is 4.90 Å². The molecule has 2 aromatic heterocycles. The number of benzene rings is 3. The molecule has 8 rings (SSSR count). The topological polar surface area (TPSA) is 98.9 Å². The number of ether oxygens (including phenoxy) is 3. The number of imidazole rings is 1. The molecule has 43 heavy (non-hydrogen) atoms. The number of carboxylic acids is 1. The minimum atomic E-state index is -0.929. The van der Waals surface area contributed by atoms with Crippen molar-refractivity contribution < 1.29 is 24.1 Å². The molecule has 0 radical (unpaired) electrons. The van der Waals surface area contributed by atoms with E-state index < -0.39 is 5.97 Å². The van der Waals surface area contributed by atoms with Crippen LogP contribution in [0.15, 0.2) is 60.7 Å². The van der Waals surface area contributed by atoms with Crippen molar-refractivity contribution in [2.24, 2.45) is 0 Å². The van der Waals surface area contributed by atoms with Crippen LogP contribution in [0.1, 0.15) is 58.0 Å². The van der Waals surface area contributed by atoms with Gasteiger partial charge in [0.1, 0.15) is 17.4 Å². The Hall–Kier alpha value is -3.99. The first-order valence-corrected chi connectivity index (χ1v) is 15.7. The number of carboxylic acid groups (broad SMARTS) is 1. The van der Waals surface area contributed by atoms with E-state index in [0.29, 0.717) is 25.6 Å². The lowest BCUT2D eigenvalue weighted by Crippen LogP contribution is -2.35. The molecule has 0 spiro atoms. The predicted molar refractivity (Wildman–Crippen MR) is 163 cm³/mol. The Labute approximate surface area is 252 Å². The summed E-state index contributed by atoms with van der Waals surface area (Å²) >= 11 is 1.67. The molecule has 9 nitrogen and oxygen atoms in total. The lowest BCUT2D eigenvalue weighted by molar-refractivity contribution is -0.0592. The van der Waals surface area contributed by atoms with Crippen molar-refractivity contribution in [2.75, 3.05) is 26.3 Å². The van der Waals surface area contributed by atoms with Gasteiger partial charge in [-0.2, -0.15) is 0 Å². The maximum atomic E-state index is 11.7. The van der Waals surface area contributed by atoms with Crippen LogP contribution in [0, 0.1) is 0 Å². The van der Waals surface area contributed by atoms with E-state index in [1.807, 2.05) is 30.3 Å². The van der Waals surface area contributed by atoms with E-state index in [1.165, 1.54) is 5.56 Å². The summed E-state index contributed by atoms with van der Waals surface area (Å²) in [7, 11) is 0. The Balaban J connectivity index is 0.991. The highest BCUT2D eigenvalue weighted by molar-refractivity contribution is 7.18. The number of hydrogen-bond donors (Lipinski definition) is 1. The molecule has 3 aliphatic heterocycles. The molecule has 0 amide bonds. The number of piperidine rings is 1. The number of carbonyl (C=O) groups is 1. The molecule has 0 bridgehead atoms. The van der Waals surface area contributed by atoms with Gasteiger partial charge in [-0.15, -0.1) is 11.3 Å². The molecule has 3 aromatic carbocycles. The number of aromatic carboxylic acids is 1. The van der Waals surface area contributed by atoms with Crippen LogP contribution >= 0.6 is 11.3 Å². The maximum Gasteiger partial charge on any atom is 0.335 e. The standard InChI is InChI=1S/C33H32N4O5S/c38-33(39)21-8-9-24-26(16-21)37(17-22-12-15-40-22)30(34-24)18-36-13-10-20(11-14-36)23-4-3-6-27-31(23)42-28(19-41-27)32-35-25-5-1-2-7-29(25)43-32/h1-9,16,20,22,28H,10-15,17-19H2,(H,38,39)/t22-,28+/m0/s1. The second kappa shape index (κ2) is 10.9. The summed E-state index contributed by atoms with van der Waals surface area (Å²) in [5, 5.41) is 10.5. The molecule has 5 heterocycles. The zero-order valence-electron chi connectivity index (χ0n) is 23.6. The van der Waals surface area contributed by atoms with E-state index >= 15 is 0 Å². The van der Waals surface area contributed by atoms with E-state index in [9.17, 15) is 9.90 Å². The van der Waals surface area contributed by atoms with Crippen LogP contribution in [0.2, 0.25) is 0 Å². The van der Waals surface area contributed by atoms with Gasteiger partial charge in [0, 0.05) is 12.2 Å². The number of thiazole rings is 1. The average molecular weight is 597 g/mol. The van der Waals surface area contributed by atoms with Gasteiger partial charge in [-0.1, -0.05) is 24.3 Å². The fourth-order valence-corrected chi connectivity index (χ4v) is 7.43. The molecule has 2 fully saturated rings. The summed E-state index contributed by atoms with van der Waals surface area (Å²) in [4.78, 5) is 23.9. The zero-order valence-corrected chi connectivity index (χ0v) is 24.5. The van der Waals surface area contributed by atoms with Gasteiger partial charge < -0.3 is 23.9 Å². The monoisotopic (exact) mass is 596 g/mol. The second-order valence-electron chi connectivity index (χ2n) is 11.6. The van der Waals surface area contributed by atoms with Crippen molar-refractivity contribution in [3.8, 4) is 11.5 Å². The fourth-order valence-electron chi connectivity index (χ4n) is 6.45. The zero-order chi connectivity index (χ0) is 28.9. The third kappa shape index (κ3) is 5.03. The van der Waals surface area contributed by atoms with Crippen LogP contribution in [0.25, 0.3) is 21.3 Å². The smallest absolute Gasteiger partial charge is 0.335 e. The normalized spacial score (nSPS) is 20.8. The number of hydrogen-bond acceptors (Lipinski definition) is 8. The molecule has 0 aliphatic carbocycles. The molecule has 1 N–H and O–H groups in total. The van der Waals surface area contributed by atoms with Crippen molar-refractivity contribution in [1.29, 1.82) is 0 Å². The predicted octanol–water partition coefficient (Wildman–Crippen LogP) is 6.03. The van der Waals surface area contributed by atoms with Crippen molar-refractivity contribution in [2.45, 2.75) is 50.5 Å². The number of aromatic nitrogens is 3. The highest BCUT2D eigenvalue weighted by Gasteiger charge is 2.32. The number of nitrogens with zero attached hydrogens (tertiary/aromatic N) is 4. The number of rotatable bonds is 7. The van der Waals surface area contributed by atoms with Gasteiger partial charge in [0.25, 0.3) is 0 Å². The van der Waals surface area contributed by atoms with Gasteiger partial charge in [-0.05, 0) is 74.7 Å². The summed E-state index contributed by atoms with van der Waals surface area (Å²) in [6.07, 6.45) is 2.94. The molecular weight excluding hydrogens is 564 g/mol. The summed E-state index contributed by atoms with van der Waals surface area (Å²) in [6.45, 7) is 4.49. The third-order valence-corrected chi connectivity index (χ3v) is 10.0. The first kappa shape index (κ1) is 26.6. The number of fused-ring (bicyclic) bond motifs is 3. The summed E-state index contributed by atoms with van der Waals surface area (Å²) < 4.78 is 21.9. The lowest BCUT2D eigenvalue weighted by atomic mass is 9.88. The van der Waals surface area contributed by atoms with Gasteiger partial charge >= 0.3 is 5.97 Å². The molecule has 0 unspecified atom stereocenters. The summed E-state index contributed by atoms with van der Waals surface area (Å²) in [6, 6.07) is 19.6. The summed E-state index contributed by atoms with van der Waals surface area (Å²) in [5.74, 6) is 2.06. The average Bonchev–Trinajstić information content (AvgIpc) is 3.59.